The highest BCUT2D eigenvalue weighted by Crippen LogP contribution is 2.28. The molecule has 2 atom stereocenters. The minimum Gasteiger partial charge on any atom is -0.444 e. The number of benzene rings is 2. The van der Waals surface area contributed by atoms with Gasteiger partial charge in [-0.25, -0.2) is 4.79 Å². The maximum Gasteiger partial charge on any atom is 0.408 e. The van der Waals surface area contributed by atoms with E-state index in [2.05, 4.69) is 17.6 Å². The summed E-state index contributed by atoms with van der Waals surface area (Å²) < 4.78 is 5.46. The van der Waals surface area contributed by atoms with Gasteiger partial charge in [-0.2, -0.15) is 0 Å². The molecule has 0 spiro atoms. The summed E-state index contributed by atoms with van der Waals surface area (Å²) in [6, 6.07) is 11.8. The summed E-state index contributed by atoms with van der Waals surface area (Å²) in [5.41, 5.74) is 3.71. The Hall–Kier alpha value is -3.35. The average molecular weight is 538 g/mol. The fourth-order valence-electron chi connectivity index (χ4n) is 4.45. The molecule has 2 unspecified atom stereocenters. The summed E-state index contributed by atoms with van der Waals surface area (Å²) >= 11 is 0. The van der Waals surface area contributed by atoms with E-state index in [4.69, 9.17) is 4.74 Å². The molecule has 3 amide bonds. The van der Waals surface area contributed by atoms with Crippen LogP contribution in [0, 0.1) is 26.7 Å². The predicted octanol–water partition coefficient (Wildman–Crippen LogP) is 6.86. The number of ether oxygens (including phenoxy) is 1. The van der Waals surface area contributed by atoms with Crippen LogP contribution in [0.4, 0.5) is 10.5 Å². The van der Waals surface area contributed by atoms with Crippen LogP contribution >= 0.6 is 0 Å². The van der Waals surface area contributed by atoms with Gasteiger partial charge >= 0.3 is 6.09 Å². The van der Waals surface area contributed by atoms with Gasteiger partial charge in [0.25, 0.3) is 5.91 Å². The standard InChI is InChI=1S/C32H47N3O4/c1-10-11-12-20-35(30(37)26(21(2)3)34-31(38)39-32(7,8)9)28(25-18-16-22(4)17-19-25)29(36)33-27-23(5)14-13-15-24(27)6/h13-19,21,26,28H,10-12,20H2,1-9H3,(H,33,36)(H,34,38). The van der Waals surface area contributed by atoms with Crippen LogP contribution in [0.1, 0.15) is 89.1 Å². The Bertz CT molecular complexity index is 1100. The van der Waals surface area contributed by atoms with Crippen molar-refractivity contribution in [3.8, 4) is 0 Å². The van der Waals surface area contributed by atoms with Crippen LogP contribution in [0.2, 0.25) is 0 Å². The molecule has 2 rings (SSSR count). The first-order valence-corrected chi connectivity index (χ1v) is 14.0. The molecule has 0 bridgehead atoms. The van der Waals surface area contributed by atoms with Crippen LogP contribution in [0.3, 0.4) is 0 Å². The Kier molecular flexibility index (Phi) is 11.6. The topological polar surface area (TPSA) is 87.7 Å². The van der Waals surface area contributed by atoms with Gasteiger partial charge < -0.3 is 20.3 Å². The lowest BCUT2D eigenvalue weighted by Gasteiger charge is -2.36. The number of nitrogens with zero attached hydrogens (tertiary/aromatic N) is 1. The van der Waals surface area contributed by atoms with Gasteiger partial charge in [0, 0.05) is 12.2 Å². The minimum absolute atomic E-state index is 0.223. The number of hydrogen-bond acceptors (Lipinski definition) is 4. The SMILES string of the molecule is CCCCCN(C(=O)C(NC(=O)OC(C)(C)C)C(C)C)C(C(=O)Nc1c(C)cccc1C)c1ccc(C)cc1. The highest BCUT2D eigenvalue weighted by Gasteiger charge is 2.37. The first-order chi connectivity index (χ1) is 18.2. The molecule has 0 saturated carbocycles. The predicted molar refractivity (Wildman–Crippen MR) is 158 cm³/mol. The summed E-state index contributed by atoms with van der Waals surface area (Å²) in [7, 11) is 0. The Balaban J connectivity index is 2.55. The molecule has 0 aromatic heterocycles. The van der Waals surface area contributed by atoms with Crippen molar-refractivity contribution in [3.05, 3.63) is 64.7 Å². The molecule has 7 nitrogen and oxygen atoms in total. The number of nitrogens with one attached hydrogen (secondary N) is 2. The molecule has 0 aliphatic carbocycles. The quantitative estimate of drug-likeness (QED) is 0.307. The summed E-state index contributed by atoms with van der Waals surface area (Å²) in [5, 5.41) is 5.89. The number of unbranched alkanes of at least 4 members (excludes halogenated alkanes) is 2. The zero-order valence-electron chi connectivity index (χ0n) is 25.2. The fraction of sp³-hybridized carbons (Fsp3) is 0.531. The number of para-hydroxylation sites is 1. The van der Waals surface area contributed by atoms with Gasteiger partial charge in [-0.3, -0.25) is 9.59 Å². The van der Waals surface area contributed by atoms with Crippen LogP contribution in [-0.2, 0) is 14.3 Å². The molecule has 0 aliphatic heterocycles. The van der Waals surface area contributed by atoms with Crippen molar-refractivity contribution in [2.24, 2.45) is 5.92 Å². The highest BCUT2D eigenvalue weighted by molar-refractivity contribution is 6.00. The molecule has 2 N–H and O–H groups in total. The normalized spacial score (nSPS) is 13.0. The van der Waals surface area contributed by atoms with Crippen molar-refractivity contribution >= 4 is 23.6 Å². The molecule has 0 heterocycles. The second kappa shape index (κ2) is 14.2. The Morgan fingerprint density at radius 1 is 0.923 bits per heavy atom. The molecular formula is C32H47N3O4. The van der Waals surface area contributed by atoms with Crippen LogP contribution in [0.25, 0.3) is 0 Å². The first kappa shape index (κ1) is 31.9. The van der Waals surface area contributed by atoms with E-state index >= 15 is 0 Å². The van der Waals surface area contributed by atoms with E-state index < -0.39 is 23.8 Å². The monoisotopic (exact) mass is 537 g/mol. The Morgan fingerprint density at radius 3 is 2.03 bits per heavy atom. The van der Waals surface area contributed by atoms with E-state index in [0.29, 0.717) is 12.1 Å². The largest absolute Gasteiger partial charge is 0.444 e. The van der Waals surface area contributed by atoms with E-state index in [0.717, 1.165) is 41.6 Å². The number of hydrogen-bond donors (Lipinski definition) is 2. The van der Waals surface area contributed by atoms with E-state index in [1.807, 2.05) is 77.1 Å². The highest BCUT2D eigenvalue weighted by atomic mass is 16.6. The van der Waals surface area contributed by atoms with Gasteiger partial charge in [0.2, 0.25) is 5.91 Å². The molecule has 39 heavy (non-hydrogen) atoms. The third-order valence-electron chi connectivity index (χ3n) is 6.57. The van der Waals surface area contributed by atoms with Gasteiger partial charge in [0.1, 0.15) is 17.7 Å². The van der Waals surface area contributed by atoms with E-state index in [1.54, 1.807) is 25.7 Å². The number of rotatable bonds is 11. The summed E-state index contributed by atoms with van der Waals surface area (Å²) in [4.78, 5) is 42.6. The molecule has 0 fully saturated rings. The van der Waals surface area contributed by atoms with Crippen LogP contribution in [0.5, 0.6) is 0 Å². The number of carbonyl (C=O) groups excluding carboxylic acids is 3. The molecule has 2 aromatic rings. The lowest BCUT2D eigenvalue weighted by Crippen LogP contribution is -2.54. The van der Waals surface area contributed by atoms with Gasteiger partial charge in [-0.1, -0.05) is 81.6 Å². The number of alkyl carbamates (subject to hydrolysis) is 1. The smallest absolute Gasteiger partial charge is 0.408 e. The van der Waals surface area contributed by atoms with Crippen molar-refractivity contribution in [3.63, 3.8) is 0 Å². The van der Waals surface area contributed by atoms with Crippen molar-refractivity contribution in [1.82, 2.24) is 10.2 Å². The second-order valence-corrected chi connectivity index (χ2v) is 11.7. The van der Waals surface area contributed by atoms with E-state index in [1.165, 1.54) is 0 Å². The van der Waals surface area contributed by atoms with Crippen molar-refractivity contribution in [2.45, 2.75) is 99.3 Å². The molecule has 0 radical (unpaired) electrons. The zero-order valence-corrected chi connectivity index (χ0v) is 25.2. The molecular weight excluding hydrogens is 490 g/mol. The van der Waals surface area contributed by atoms with E-state index in [-0.39, 0.29) is 17.7 Å². The minimum atomic E-state index is -0.879. The van der Waals surface area contributed by atoms with Crippen molar-refractivity contribution in [2.75, 3.05) is 11.9 Å². The van der Waals surface area contributed by atoms with Crippen molar-refractivity contribution in [1.29, 1.82) is 0 Å². The van der Waals surface area contributed by atoms with Crippen LogP contribution in [-0.4, -0.2) is 41.0 Å². The average Bonchev–Trinajstić information content (AvgIpc) is 2.83. The Labute approximate surface area is 234 Å². The third-order valence-corrected chi connectivity index (χ3v) is 6.57. The fourth-order valence-corrected chi connectivity index (χ4v) is 4.45. The maximum atomic E-state index is 14.2. The zero-order chi connectivity index (χ0) is 29.3. The maximum absolute atomic E-state index is 14.2. The third kappa shape index (κ3) is 9.41. The van der Waals surface area contributed by atoms with Gasteiger partial charge in [0.05, 0.1) is 0 Å². The lowest BCUT2D eigenvalue weighted by atomic mass is 9.97. The number of aryl methyl sites for hydroxylation is 3. The Morgan fingerprint density at radius 2 is 1.51 bits per heavy atom. The summed E-state index contributed by atoms with van der Waals surface area (Å²) in [5.74, 6) is -0.825. The molecule has 0 saturated heterocycles. The summed E-state index contributed by atoms with van der Waals surface area (Å²) in [6.45, 7) is 17.5. The number of amides is 3. The number of carbonyl (C=O) groups is 3. The number of anilines is 1. The molecule has 0 aliphatic rings. The first-order valence-electron chi connectivity index (χ1n) is 14.0. The summed E-state index contributed by atoms with van der Waals surface area (Å²) in [6.07, 6.45) is 1.96. The van der Waals surface area contributed by atoms with E-state index in [9.17, 15) is 14.4 Å². The lowest BCUT2D eigenvalue weighted by molar-refractivity contribution is -0.141. The van der Waals surface area contributed by atoms with Crippen LogP contribution < -0.4 is 10.6 Å². The van der Waals surface area contributed by atoms with Gasteiger partial charge in [0.15, 0.2) is 0 Å². The van der Waals surface area contributed by atoms with Crippen LogP contribution in [0.15, 0.2) is 42.5 Å². The molecule has 2 aromatic carbocycles. The molecule has 214 valence electrons. The molecule has 7 heteroatoms. The second-order valence-electron chi connectivity index (χ2n) is 11.7. The van der Waals surface area contributed by atoms with Gasteiger partial charge in [-0.05, 0) is 70.6 Å². The van der Waals surface area contributed by atoms with Gasteiger partial charge in [-0.15, -0.1) is 0 Å². The van der Waals surface area contributed by atoms with Crippen molar-refractivity contribution < 1.29 is 19.1 Å².